The van der Waals surface area contributed by atoms with Gasteiger partial charge in [-0.1, -0.05) is 23.2 Å². The van der Waals surface area contributed by atoms with Crippen molar-refractivity contribution in [2.75, 3.05) is 13.2 Å². The standard InChI is InChI=1S/C16H13Cl2NO4/c17-9-1-3-15-11(5-9)13(7-19(21)22)14(8-20)12-6-10(18)2-4-16(12)23-15/h1-6,13-14,20H,7-8H2. The van der Waals surface area contributed by atoms with E-state index in [4.69, 9.17) is 27.9 Å². The molecule has 7 heteroatoms. The van der Waals surface area contributed by atoms with Gasteiger partial charge in [0.1, 0.15) is 11.5 Å². The van der Waals surface area contributed by atoms with Crippen molar-refractivity contribution >= 4 is 23.2 Å². The van der Waals surface area contributed by atoms with Gasteiger partial charge in [-0.15, -0.1) is 0 Å². The first kappa shape index (κ1) is 16.1. The monoisotopic (exact) mass is 353 g/mol. The van der Waals surface area contributed by atoms with E-state index in [1.807, 2.05) is 0 Å². The van der Waals surface area contributed by atoms with Crippen LogP contribution in [0.1, 0.15) is 23.0 Å². The fourth-order valence-corrected chi connectivity index (χ4v) is 3.33. The Morgan fingerprint density at radius 2 is 1.57 bits per heavy atom. The van der Waals surface area contributed by atoms with E-state index in [2.05, 4.69) is 0 Å². The van der Waals surface area contributed by atoms with Crippen LogP contribution in [0.2, 0.25) is 10.0 Å². The van der Waals surface area contributed by atoms with E-state index in [1.54, 1.807) is 36.4 Å². The Morgan fingerprint density at radius 1 is 1.04 bits per heavy atom. The highest BCUT2D eigenvalue weighted by molar-refractivity contribution is 6.31. The number of rotatable bonds is 3. The lowest BCUT2D eigenvalue weighted by Crippen LogP contribution is -2.22. The third-order valence-electron chi connectivity index (χ3n) is 3.99. The van der Waals surface area contributed by atoms with Crippen LogP contribution in [0.25, 0.3) is 0 Å². The van der Waals surface area contributed by atoms with Crippen molar-refractivity contribution in [1.82, 2.24) is 0 Å². The Morgan fingerprint density at radius 3 is 2.04 bits per heavy atom. The molecule has 3 rings (SSSR count). The van der Waals surface area contributed by atoms with Crippen molar-refractivity contribution in [3.8, 4) is 11.5 Å². The van der Waals surface area contributed by atoms with Gasteiger partial charge < -0.3 is 9.84 Å². The molecule has 0 aliphatic carbocycles. The molecule has 23 heavy (non-hydrogen) atoms. The second-order valence-corrected chi connectivity index (χ2v) is 6.25. The van der Waals surface area contributed by atoms with E-state index in [0.717, 1.165) is 0 Å². The third-order valence-corrected chi connectivity index (χ3v) is 4.46. The maximum Gasteiger partial charge on any atom is 0.211 e. The molecule has 0 amide bonds. The Labute approximate surface area is 142 Å². The van der Waals surface area contributed by atoms with Gasteiger partial charge in [-0.25, -0.2) is 0 Å². The highest BCUT2D eigenvalue weighted by Gasteiger charge is 2.36. The molecule has 2 aromatic carbocycles. The van der Waals surface area contributed by atoms with Crippen molar-refractivity contribution < 1.29 is 14.8 Å². The second kappa shape index (κ2) is 6.35. The predicted molar refractivity (Wildman–Crippen MR) is 87.4 cm³/mol. The molecule has 0 saturated carbocycles. The average Bonchev–Trinajstić information content (AvgIpc) is 2.61. The molecule has 1 aliphatic heterocycles. The van der Waals surface area contributed by atoms with Crippen molar-refractivity contribution in [2.45, 2.75) is 11.8 Å². The van der Waals surface area contributed by atoms with Gasteiger partial charge in [0.05, 0.1) is 12.5 Å². The number of fused-ring (bicyclic) bond motifs is 2. The summed E-state index contributed by atoms with van der Waals surface area (Å²) in [6.45, 7) is -0.602. The van der Waals surface area contributed by atoms with Crippen molar-refractivity contribution in [1.29, 1.82) is 0 Å². The van der Waals surface area contributed by atoms with E-state index < -0.39 is 16.8 Å². The molecule has 0 bridgehead atoms. The molecular weight excluding hydrogens is 341 g/mol. The minimum atomic E-state index is -0.566. The summed E-state index contributed by atoms with van der Waals surface area (Å²) in [5.41, 5.74) is 1.26. The molecule has 2 aromatic rings. The Kier molecular flexibility index (Phi) is 4.43. The van der Waals surface area contributed by atoms with Crippen molar-refractivity contribution in [2.24, 2.45) is 0 Å². The van der Waals surface area contributed by atoms with E-state index in [0.29, 0.717) is 32.7 Å². The first-order valence-electron chi connectivity index (χ1n) is 6.99. The number of benzene rings is 2. The van der Waals surface area contributed by atoms with Crippen LogP contribution in [0.4, 0.5) is 0 Å². The predicted octanol–water partition coefficient (Wildman–Crippen LogP) is 4.24. The van der Waals surface area contributed by atoms with Gasteiger partial charge in [0.2, 0.25) is 6.54 Å². The van der Waals surface area contributed by atoms with Gasteiger partial charge in [-0.2, -0.15) is 0 Å². The molecule has 0 spiro atoms. The van der Waals surface area contributed by atoms with E-state index in [1.165, 1.54) is 0 Å². The molecule has 1 N–H and O–H groups in total. The van der Waals surface area contributed by atoms with E-state index in [-0.39, 0.29) is 13.2 Å². The zero-order valence-electron chi connectivity index (χ0n) is 11.9. The average molecular weight is 354 g/mol. The lowest BCUT2D eigenvalue weighted by molar-refractivity contribution is -0.484. The highest BCUT2D eigenvalue weighted by Crippen LogP contribution is 2.47. The van der Waals surface area contributed by atoms with Gasteiger partial charge in [0.15, 0.2) is 0 Å². The van der Waals surface area contributed by atoms with Gasteiger partial charge in [0, 0.05) is 32.0 Å². The summed E-state index contributed by atoms with van der Waals surface area (Å²) in [7, 11) is 0. The van der Waals surface area contributed by atoms with Crippen LogP contribution in [-0.4, -0.2) is 23.2 Å². The van der Waals surface area contributed by atoms with Crippen molar-refractivity contribution in [3.05, 3.63) is 67.7 Å². The van der Waals surface area contributed by atoms with Crippen LogP contribution < -0.4 is 4.74 Å². The minimum Gasteiger partial charge on any atom is -0.457 e. The number of hydrogen-bond acceptors (Lipinski definition) is 4. The van der Waals surface area contributed by atoms with Crippen LogP contribution in [0.5, 0.6) is 11.5 Å². The third kappa shape index (κ3) is 3.13. The Balaban J connectivity index is 2.22. The smallest absolute Gasteiger partial charge is 0.211 e. The molecule has 0 fully saturated rings. The maximum atomic E-state index is 11.1. The number of nitrogens with zero attached hydrogens (tertiary/aromatic N) is 1. The number of hydrogen-bond donors (Lipinski definition) is 1. The molecule has 120 valence electrons. The molecule has 0 aromatic heterocycles. The van der Waals surface area contributed by atoms with Gasteiger partial charge >= 0.3 is 0 Å². The molecule has 2 unspecified atom stereocenters. The summed E-state index contributed by atoms with van der Waals surface area (Å²) in [4.78, 5) is 10.7. The summed E-state index contributed by atoms with van der Waals surface area (Å²) in [6.07, 6.45) is 0. The molecule has 0 saturated heterocycles. The van der Waals surface area contributed by atoms with Crippen LogP contribution in [0.15, 0.2) is 36.4 Å². The quantitative estimate of drug-likeness (QED) is 0.661. The normalized spacial score (nSPS) is 19.3. The first-order chi connectivity index (χ1) is 11.0. The largest absolute Gasteiger partial charge is 0.457 e. The summed E-state index contributed by atoms with van der Waals surface area (Å²) < 4.78 is 5.91. The molecule has 2 atom stereocenters. The molecular formula is C16H13Cl2NO4. The zero-order valence-corrected chi connectivity index (χ0v) is 13.4. The fraction of sp³-hybridized carbons (Fsp3) is 0.250. The van der Waals surface area contributed by atoms with Crippen LogP contribution >= 0.6 is 23.2 Å². The molecule has 5 nitrogen and oxygen atoms in total. The topological polar surface area (TPSA) is 72.6 Å². The van der Waals surface area contributed by atoms with Crippen LogP contribution in [0.3, 0.4) is 0 Å². The lowest BCUT2D eigenvalue weighted by Gasteiger charge is -2.22. The second-order valence-electron chi connectivity index (χ2n) is 5.38. The summed E-state index contributed by atoms with van der Waals surface area (Å²) in [6, 6.07) is 10.1. The number of aliphatic hydroxyl groups is 1. The maximum absolute atomic E-state index is 11.1. The molecule has 1 heterocycles. The summed E-state index contributed by atoms with van der Waals surface area (Å²) in [5, 5.41) is 22.0. The van der Waals surface area contributed by atoms with Gasteiger partial charge in [0.25, 0.3) is 0 Å². The number of nitro groups is 1. The van der Waals surface area contributed by atoms with Crippen LogP contribution in [0, 0.1) is 10.1 Å². The Hall–Kier alpha value is -1.82. The van der Waals surface area contributed by atoms with Crippen LogP contribution in [-0.2, 0) is 0 Å². The van der Waals surface area contributed by atoms with E-state index in [9.17, 15) is 15.2 Å². The number of halogens is 2. The fourth-order valence-electron chi connectivity index (χ4n) is 2.97. The number of ether oxygens (including phenoxy) is 1. The first-order valence-corrected chi connectivity index (χ1v) is 7.74. The van der Waals surface area contributed by atoms with Gasteiger partial charge in [-0.05, 0) is 36.4 Å². The highest BCUT2D eigenvalue weighted by atomic mass is 35.5. The van der Waals surface area contributed by atoms with Crippen molar-refractivity contribution in [3.63, 3.8) is 0 Å². The SMILES string of the molecule is O=[N+]([O-])CC1c2cc(Cl)ccc2Oc2ccc(Cl)cc2C1CO. The minimum absolute atomic E-state index is 0.263. The molecule has 1 aliphatic rings. The van der Waals surface area contributed by atoms with Gasteiger partial charge in [-0.3, -0.25) is 10.1 Å². The summed E-state index contributed by atoms with van der Waals surface area (Å²) in [5.74, 6) is -0.0409. The zero-order chi connectivity index (χ0) is 16.6. The Bertz CT molecular complexity index is 766. The van der Waals surface area contributed by atoms with E-state index >= 15 is 0 Å². The molecule has 0 radical (unpaired) electrons. The number of aliphatic hydroxyl groups excluding tert-OH is 1. The summed E-state index contributed by atoms with van der Waals surface area (Å²) >= 11 is 12.1. The lowest BCUT2D eigenvalue weighted by atomic mass is 9.82.